The molecule has 8 heteroatoms. The summed E-state index contributed by atoms with van der Waals surface area (Å²) in [4.78, 5) is 25.7. The summed E-state index contributed by atoms with van der Waals surface area (Å²) in [6.07, 6.45) is 2.42. The second-order valence-electron chi connectivity index (χ2n) is 4.11. The number of hydrogen-bond acceptors (Lipinski definition) is 4. The van der Waals surface area contributed by atoms with E-state index in [1.54, 1.807) is 0 Å². The number of aromatic nitrogens is 1. The Labute approximate surface area is 122 Å². The minimum Gasteiger partial charge on any atom is -0.294 e. The minimum atomic E-state index is -1.39. The van der Waals surface area contributed by atoms with E-state index in [2.05, 4.69) is 4.98 Å². The van der Waals surface area contributed by atoms with Crippen LogP contribution in [0.5, 0.6) is 0 Å². The lowest BCUT2D eigenvalue weighted by atomic mass is 10.0. The Kier molecular flexibility index (Phi) is 4.23. The summed E-state index contributed by atoms with van der Waals surface area (Å²) >= 11 is 5.83. The van der Waals surface area contributed by atoms with Gasteiger partial charge in [0.05, 0.1) is 21.6 Å². The molecule has 1 aromatic carbocycles. The van der Waals surface area contributed by atoms with Crippen LogP contribution >= 0.6 is 11.6 Å². The van der Waals surface area contributed by atoms with Gasteiger partial charge in [0.1, 0.15) is 0 Å². The van der Waals surface area contributed by atoms with E-state index in [1.165, 1.54) is 18.5 Å². The quantitative estimate of drug-likeness (QED) is 0.493. The topological polar surface area (TPSA) is 73.1 Å². The number of pyridine rings is 1. The first-order valence-corrected chi connectivity index (χ1v) is 6.03. The van der Waals surface area contributed by atoms with Crippen molar-refractivity contribution in [2.45, 2.75) is 6.42 Å². The second-order valence-corrected chi connectivity index (χ2v) is 4.51. The van der Waals surface area contributed by atoms with E-state index in [4.69, 9.17) is 11.6 Å². The summed E-state index contributed by atoms with van der Waals surface area (Å²) in [5.41, 5.74) is -0.911. The number of nitrogens with zero attached hydrogens (tertiary/aromatic N) is 2. The van der Waals surface area contributed by atoms with Crippen LogP contribution in [0.4, 0.5) is 14.5 Å². The Morgan fingerprint density at radius 3 is 2.62 bits per heavy atom. The number of benzene rings is 1. The van der Waals surface area contributed by atoms with Gasteiger partial charge in [-0.05, 0) is 17.7 Å². The zero-order chi connectivity index (χ0) is 15.6. The van der Waals surface area contributed by atoms with Crippen molar-refractivity contribution in [1.29, 1.82) is 0 Å². The molecule has 0 amide bonds. The third-order valence-corrected chi connectivity index (χ3v) is 3.08. The van der Waals surface area contributed by atoms with E-state index in [9.17, 15) is 23.7 Å². The minimum absolute atomic E-state index is 0.205. The number of Topliss-reactive ketones (excluding diaryl/α,β-unsaturated/α-hetero) is 1. The highest BCUT2D eigenvalue weighted by Gasteiger charge is 2.24. The molecule has 2 rings (SSSR count). The van der Waals surface area contributed by atoms with Crippen molar-refractivity contribution in [2.75, 3.05) is 0 Å². The Balaban J connectivity index is 2.42. The van der Waals surface area contributed by atoms with Gasteiger partial charge in [0.15, 0.2) is 17.4 Å². The summed E-state index contributed by atoms with van der Waals surface area (Å²) in [6.45, 7) is 0. The third-order valence-electron chi connectivity index (χ3n) is 2.74. The second kappa shape index (κ2) is 5.92. The monoisotopic (exact) mass is 312 g/mol. The molecule has 0 aliphatic heterocycles. The zero-order valence-corrected chi connectivity index (χ0v) is 11.1. The van der Waals surface area contributed by atoms with Gasteiger partial charge in [-0.1, -0.05) is 11.6 Å². The number of carbonyl (C=O) groups is 1. The summed E-state index contributed by atoms with van der Waals surface area (Å²) in [6, 6.07) is 2.37. The van der Waals surface area contributed by atoms with E-state index in [0.717, 1.165) is 0 Å². The molecule has 1 heterocycles. The van der Waals surface area contributed by atoms with Crippen molar-refractivity contribution in [3.05, 3.63) is 68.5 Å². The average molecular weight is 313 g/mol. The van der Waals surface area contributed by atoms with Crippen molar-refractivity contribution in [3.63, 3.8) is 0 Å². The molecular formula is C13H7ClF2N2O3. The molecule has 0 aliphatic rings. The molecule has 0 aliphatic carbocycles. The Morgan fingerprint density at radius 1 is 1.33 bits per heavy atom. The molecule has 0 saturated heterocycles. The number of halogens is 3. The first-order chi connectivity index (χ1) is 9.90. The SMILES string of the molecule is O=C(Cc1ccncc1Cl)c1cc(F)c(F)cc1[N+](=O)[O-]. The van der Waals surface area contributed by atoms with Crippen LogP contribution in [0.25, 0.3) is 0 Å². The van der Waals surface area contributed by atoms with E-state index >= 15 is 0 Å². The molecule has 2 aromatic rings. The zero-order valence-electron chi connectivity index (χ0n) is 10.3. The molecule has 0 radical (unpaired) electrons. The van der Waals surface area contributed by atoms with Gasteiger partial charge < -0.3 is 0 Å². The van der Waals surface area contributed by atoms with Gasteiger partial charge in [-0.25, -0.2) is 8.78 Å². The Bertz CT molecular complexity index is 737. The molecule has 1 aromatic heterocycles. The van der Waals surface area contributed by atoms with Gasteiger partial charge in [0.25, 0.3) is 5.69 Å². The van der Waals surface area contributed by atoms with Crippen molar-refractivity contribution in [3.8, 4) is 0 Å². The predicted molar refractivity (Wildman–Crippen MR) is 70.3 cm³/mol. The van der Waals surface area contributed by atoms with Crippen molar-refractivity contribution in [1.82, 2.24) is 4.98 Å². The van der Waals surface area contributed by atoms with Gasteiger partial charge in [0.2, 0.25) is 0 Å². The molecule has 0 atom stereocenters. The van der Waals surface area contributed by atoms with E-state index in [-0.39, 0.29) is 11.4 Å². The lowest BCUT2D eigenvalue weighted by molar-refractivity contribution is -0.385. The van der Waals surface area contributed by atoms with Crippen LogP contribution in [0.2, 0.25) is 5.02 Å². The van der Waals surface area contributed by atoms with Crippen LogP contribution in [-0.4, -0.2) is 15.7 Å². The maximum Gasteiger partial charge on any atom is 0.283 e. The standard InChI is InChI=1S/C13H7ClF2N2O3/c14-9-6-17-2-1-7(9)3-13(19)8-4-10(15)11(16)5-12(8)18(20)21/h1-2,4-6H,3H2. The van der Waals surface area contributed by atoms with Crippen molar-refractivity contribution >= 4 is 23.1 Å². The summed E-state index contributed by atoms with van der Waals surface area (Å²) in [7, 11) is 0. The van der Waals surface area contributed by atoms with Crippen LogP contribution in [0.1, 0.15) is 15.9 Å². The fourth-order valence-corrected chi connectivity index (χ4v) is 1.91. The summed E-state index contributed by atoms with van der Waals surface area (Å²) in [5.74, 6) is -3.46. The molecular weight excluding hydrogens is 306 g/mol. The van der Waals surface area contributed by atoms with Crippen LogP contribution in [0.15, 0.2) is 30.6 Å². The number of hydrogen-bond donors (Lipinski definition) is 0. The van der Waals surface area contributed by atoms with Gasteiger partial charge >= 0.3 is 0 Å². The van der Waals surface area contributed by atoms with Crippen LogP contribution in [0.3, 0.4) is 0 Å². The first-order valence-electron chi connectivity index (χ1n) is 5.65. The van der Waals surface area contributed by atoms with Crippen LogP contribution < -0.4 is 0 Å². The van der Waals surface area contributed by atoms with Gasteiger partial charge in [0, 0.05) is 18.8 Å². The van der Waals surface area contributed by atoms with E-state index in [1.807, 2.05) is 0 Å². The Hall–Kier alpha value is -2.41. The molecule has 108 valence electrons. The first kappa shape index (κ1) is 15.0. The van der Waals surface area contributed by atoms with E-state index in [0.29, 0.717) is 17.7 Å². The molecule has 21 heavy (non-hydrogen) atoms. The van der Waals surface area contributed by atoms with Crippen LogP contribution in [-0.2, 0) is 6.42 Å². The number of rotatable bonds is 4. The fourth-order valence-electron chi connectivity index (χ4n) is 1.73. The van der Waals surface area contributed by atoms with Gasteiger partial charge in [-0.15, -0.1) is 0 Å². The lowest BCUT2D eigenvalue weighted by Gasteiger charge is -2.05. The average Bonchev–Trinajstić information content (AvgIpc) is 2.43. The van der Waals surface area contributed by atoms with Gasteiger partial charge in [-0.3, -0.25) is 19.9 Å². The number of ketones is 1. The molecule has 0 saturated carbocycles. The lowest BCUT2D eigenvalue weighted by Crippen LogP contribution is -2.09. The number of nitro groups is 1. The highest BCUT2D eigenvalue weighted by molar-refractivity contribution is 6.31. The smallest absolute Gasteiger partial charge is 0.283 e. The highest BCUT2D eigenvalue weighted by Crippen LogP contribution is 2.25. The maximum absolute atomic E-state index is 13.2. The molecule has 0 fully saturated rings. The molecule has 0 bridgehead atoms. The largest absolute Gasteiger partial charge is 0.294 e. The highest BCUT2D eigenvalue weighted by atomic mass is 35.5. The third kappa shape index (κ3) is 3.19. The van der Waals surface area contributed by atoms with E-state index < -0.39 is 33.6 Å². The summed E-state index contributed by atoms with van der Waals surface area (Å²) < 4.78 is 26.3. The maximum atomic E-state index is 13.2. The fraction of sp³-hybridized carbons (Fsp3) is 0.0769. The normalized spacial score (nSPS) is 10.4. The molecule has 0 unspecified atom stereocenters. The van der Waals surface area contributed by atoms with Crippen molar-refractivity contribution < 1.29 is 18.5 Å². The van der Waals surface area contributed by atoms with Crippen LogP contribution in [0, 0.1) is 21.7 Å². The molecule has 5 nitrogen and oxygen atoms in total. The molecule has 0 spiro atoms. The van der Waals surface area contributed by atoms with Crippen molar-refractivity contribution in [2.24, 2.45) is 0 Å². The number of carbonyl (C=O) groups excluding carboxylic acids is 1. The number of nitro benzene ring substituents is 1. The Morgan fingerprint density at radius 2 is 2.00 bits per heavy atom. The summed E-state index contributed by atoms with van der Waals surface area (Å²) in [5, 5.41) is 11.0. The molecule has 0 N–H and O–H groups in total. The predicted octanol–water partition coefficient (Wildman–Crippen LogP) is 3.35. The van der Waals surface area contributed by atoms with Gasteiger partial charge in [-0.2, -0.15) is 0 Å².